The lowest BCUT2D eigenvalue weighted by atomic mass is 10.1. The number of primary amides is 1. The van der Waals surface area contributed by atoms with Crippen molar-refractivity contribution in [2.24, 2.45) is 11.7 Å². The van der Waals surface area contributed by atoms with E-state index in [0.717, 1.165) is 17.1 Å². The van der Waals surface area contributed by atoms with Gasteiger partial charge in [-0.25, -0.2) is 0 Å². The van der Waals surface area contributed by atoms with Crippen molar-refractivity contribution in [1.29, 1.82) is 0 Å². The van der Waals surface area contributed by atoms with Crippen LogP contribution in [0.2, 0.25) is 0 Å². The molecule has 5 nitrogen and oxygen atoms in total. The summed E-state index contributed by atoms with van der Waals surface area (Å²) in [5.74, 6) is -0.871. The normalized spacial score (nSPS) is 19.8. The van der Waals surface area contributed by atoms with Crippen LogP contribution in [-0.2, 0) is 9.59 Å². The predicted octanol–water partition coefficient (Wildman–Crippen LogP) is 0.537. The number of anilines is 1. The third-order valence-corrected chi connectivity index (χ3v) is 3.02. The van der Waals surface area contributed by atoms with E-state index in [9.17, 15) is 9.59 Å². The Morgan fingerprint density at radius 1 is 1.47 bits per heavy atom. The standard InChI is InChI=1S/C12H15N3O2/c1-7-3-4-10(8(2)14-7)15-6-9(12(13)17)5-11(15)16/h3-4,9H,5-6H2,1-2H3,(H2,13,17). The second-order valence-electron chi connectivity index (χ2n) is 4.36. The third-order valence-electron chi connectivity index (χ3n) is 3.02. The lowest BCUT2D eigenvalue weighted by Crippen LogP contribution is -2.29. The molecule has 17 heavy (non-hydrogen) atoms. The van der Waals surface area contributed by atoms with Crippen LogP contribution < -0.4 is 10.6 Å². The van der Waals surface area contributed by atoms with E-state index in [4.69, 9.17) is 5.73 Å². The number of rotatable bonds is 2. The molecule has 2 N–H and O–H groups in total. The van der Waals surface area contributed by atoms with Gasteiger partial charge in [0.05, 0.1) is 17.3 Å². The van der Waals surface area contributed by atoms with E-state index in [-0.39, 0.29) is 18.2 Å². The van der Waals surface area contributed by atoms with Crippen LogP contribution in [0.4, 0.5) is 5.69 Å². The first-order valence-electron chi connectivity index (χ1n) is 5.53. The number of pyridine rings is 1. The molecule has 1 aliphatic rings. The number of nitrogens with two attached hydrogens (primary N) is 1. The van der Waals surface area contributed by atoms with Crippen molar-refractivity contribution in [3.05, 3.63) is 23.5 Å². The number of aromatic nitrogens is 1. The molecule has 0 spiro atoms. The molecule has 1 fully saturated rings. The van der Waals surface area contributed by atoms with Gasteiger partial charge in [-0.2, -0.15) is 0 Å². The molecule has 0 bridgehead atoms. The topological polar surface area (TPSA) is 76.3 Å². The minimum Gasteiger partial charge on any atom is -0.369 e. The van der Waals surface area contributed by atoms with Gasteiger partial charge in [-0.3, -0.25) is 14.6 Å². The molecule has 0 saturated carbocycles. The molecule has 0 aromatic carbocycles. The van der Waals surface area contributed by atoms with Gasteiger partial charge in [0.15, 0.2) is 0 Å². The second-order valence-corrected chi connectivity index (χ2v) is 4.36. The fourth-order valence-electron chi connectivity index (χ4n) is 2.10. The molecule has 0 aliphatic carbocycles. The molecule has 1 aromatic heterocycles. The van der Waals surface area contributed by atoms with Gasteiger partial charge in [0.1, 0.15) is 0 Å². The van der Waals surface area contributed by atoms with Gasteiger partial charge in [0, 0.05) is 18.7 Å². The minimum atomic E-state index is -0.418. The summed E-state index contributed by atoms with van der Waals surface area (Å²) in [5.41, 5.74) is 7.70. The summed E-state index contributed by atoms with van der Waals surface area (Å²) in [6, 6.07) is 3.71. The Hall–Kier alpha value is -1.91. The van der Waals surface area contributed by atoms with Crippen LogP contribution in [0.1, 0.15) is 17.8 Å². The average Bonchev–Trinajstić information content (AvgIpc) is 2.61. The molecule has 1 atom stereocenters. The zero-order valence-corrected chi connectivity index (χ0v) is 9.93. The third kappa shape index (κ3) is 2.13. The average molecular weight is 233 g/mol. The Labute approximate surface area is 99.6 Å². The summed E-state index contributed by atoms with van der Waals surface area (Å²) in [7, 11) is 0. The smallest absolute Gasteiger partial charge is 0.227 e. The molecule has 1 aliphatic heterocycles. The molecule has 2 rings (SSSR count). The summed E-state index contributed by atoms with van der Waals surface area (Å²) in [4.78, 5) is 28.8. The SMILES string of the molecule is Cc1ccc(N2CC(C(N)=O)CC2=O)c(C)n1. The van der Waals surface area contributed by atoms with Crippen molar-refractivity contribution in [3.63, 3.8) is 0 Å². The number of nitrogens with zero attached hydrogens (tertiary/aromatic N) is 2. The minimum absolute atomic E-state index is 0.0671. The molecule has 2 amide bonds. The van der Waals surface area contributed by atoms with Gasteiger partial charge in [-0.1, -0.05) is 0 Å². The van der Waals surface area contributed by atoms with E-state index >= 15 is 0 Å². The Balaban J connectivity index is 2.29. The number of hydrogen-bond acceptors (Lipinski definition) is 3. The molecule has 2 heterocycles. The maximum absolute atomic E-state index is 11.8. The predicted molar refractivity (Wildman–Crippen MR) is 63.4 cm³/mol. The van der Waals surface area contributed by atoms with E-state index in [1.165, 1.54) is 0 Å². The van der Waals surface area contributed by atoms with Crippen molar-refractivity contribution >= 4 is 17.5 Å². The van der Waals surface area contributed by atoms with Crippen LogP contribution in [0.15, 0.2) is 12.1 Å². The van der Waals surface area contributed by atoms with E-state index in [1.54, 1.807) is 4.90 Å². The highest BCUT2D eigenvalue weighted by Crippen LogP contribution is 2.26. The highest BCUT2D eigenvalue weighted by molar-refractivity contribution is 6.00. The molecule has 1 unspecified atom stereocenters. The molecule has 90 valence electrons. The van der Waals surface area contributed by atoms with Crippen molar-refractivity contribution in [1.82, 2.24) is 4.98 Å². The van der Waals surface area contributed by atoms with Gasteiger partial charge in [-0.15, -0.1) is 0 Å². The second kappa shape index (κ2) is 4.16. The zero-order chi connectivity index (χ0) is 12.6. The fourth-order valence-corrected chi connectivity index (χ4v) is 2.10. The number of carbonyl (C=O) groups is 2. The maximum Gasteiger partial charge on any atom is 0.227 e. The van der Waals surface area contributed by atoms with Gasteiger partial charge >= 0.3 is 0 Å². The van der Waals surface area contributed by atoms with Crippen molar-refractivity contribution in [2.45, 2.75) is 20.3 Å². The number of aryl methyl sites for hydroxylation is 2. The molecule has 1 saturated heterocycles. The number of hydrogen-bond donors (Lipinski definition) is 1. The largest absolute Gasteiger partial charge is 0.369 e. The Morgan fingerprint density at radius 2 is 2.18 bits per heavy atom. The summed E-state index contributed by atoms with van der Waals surface area (Å²) in [5, 5.41) is 0. The van der Waals surface area contributed by atoms with Gasteiger partial charge in [0.25, 0.3) is 0 Å². The van der Waals surface area contributed by atoms with Crippen LogP contribution in [0.5, 0.6) is 0 Å². The Morgan fingerprint density at radius 3 is 2.71 bits per heavy atom. The van der Waals surface area contributed by atoms with Gasteiger partial charge < -0.3 is 10.6 Å². The van der Waals surface area contributed by atoms with Crippen LogP contribution in [0.25, 0.3) is 0 Å². The molecule has 0 radical (unpaired) electrons. The number of carbonyl (C=O) groups excluding carboxylic acids is 2. The summed E-state index contributed by atoms with van der Waals surface area (Å²) < 4.78 is 0. The van der Waals surface area contributed by atoms with Crippen LogP contribution >= 0.6 is 0 Å². The van der Waals surface area contributed by atoms with Crippen molar-refractivity contribution in [2.75, 3.05) is 11.4 Å². The van der Waals surface area contributed by atoms with E-state index in [0.29, 0.717) is 6.54 Å². The van der Waals surface area contributed by atoms with Gasteiger partial charge in [0.2, 0.25) is 11.8 Å². The maximum atomic E-state index is 11.8. The Bertz CT molecular complexity index is 485. The molecule has 5 heteroatoms. The molecule has 1 aromatic rings. The molecular formula is C12H15N3O2. The highest BCUT2D eigenvalue weighted by Gasteiger charge is 2.34. The van der Waals surface area contributed by atoms with E-state index in [1.807, 2.05) is 26.0 Å². The summed E-state index contributed by atoms with van der Waals surface area (Å²) >= 11 is 0. The monoisotopic (exact) mass is 233 g/mol. The van der Waals surface area contributed by atoms with E-state index in [2.05, 4.69) is 4.98 Å². The van der Waals surface area contributed by atoms with Crippen molar-refractivity contribution < 1.29 is 9.59 Å². The van der Waals surface area contributed by atoms with Gasteiger partial charge in [-0.05, 0) is 26.0 Å². The first-order chi connectivity index (χ1) is 7.99. The van der Waals surface area contributed by atoms with Crippen LogP contribution in [0.3, 0.4) is 0 Å². The van der Waals surface area contributed by atoms with Crippen molar-refractivity contribution in [3.8, 4) is 0 Å². The summed E-state index contributed by atoms with van der Waals surface area (Å²) in [6.45, 7) is 4.11. The quantitative estimate of drug-likeness (QED) is 0.809. The number of amides is 2. The molecular weight excluding hydrogens is 218 g/mol. The zero-order valence-electron chi connectivity index (χ0n) is 9.93. The summed E-state index contributed by atoms with van der Waals surface area (Å²) in [6.07, 6.45) is 0.197. The van der Waals surface area contributed by atoms with E-state index < -0.39 is 5.91 Å². The first kappa shape index (κ1) is 11.6. The highest BCUT2D eigenvalue weighted by atomic mass is 16.2. The van der Waals surface area contributed by atoms with Crippen LogP contribution in [-0.4, -0.2) is 23.3 Å². The Kier molecular flexibility index (Phi) is 2.83. The fraction of sp³-hybridized carbons (Fsp3) is 0.417. The lowest BCUT2D eigenvalue weighted by molar-refractivity contribution is -0.123. The first-order valence-corrected chi connectivity index (χ1v) is 5.53. The lowest BCUT2D eigenvalue weighted by Gasteiger charge is -2.18. The van der Waals surface area contributed by atoms with Crippen LogP contribution in [0, 0.1) is 19.8 Å².